The fraction of sp³-hybridized carbons (Fsp3) is 0.429. The fourth-order valence-corrected chi connectivity index (χ4v) is 1.93. The molecule has 5 heteroatoms. The van der Waals surface area contributed by atoms with E-state index in [1.807, 2.05) is 19.1 Å². The molecule has 102 valence electrons. The average Bonchev–Trinajstić information content (AvgIpc) is 2.35. The third-order valence-electron chi connectivity index (χ3n) is 3.00. The van der Waals surface area contributed by atoms with Crippen LogP contribution in [0.3, 0.4) is 0 Å². The summed E-state index contributed by atoms with van der Waals surface area (Å²) in [5.41, 5.74) is 0.543. The molecule has 1 fully saturated rings. The van der Waals surface area contributed by atoms with Crippen LogP contribution in [0.5, 0.6) is 5.75 Å². The second-order valence-electron chi connectivity index (χ2n) is 4.72. The first-order valence-electron chi connectivity index (χ1n) is 6.34. The first-order chi connectivity index (χ1) is 9.08. The molecule has 0 atom stereocenters. The molecule has 1 aliphatic rings. The number of ether oxygens (including phenoxy) is 1. The SMILES string of the molecule is C/C=C(/Nc1ccc(OC2CN(C)C2)cn1)C(C)=O. The number of carbonyl (C=O) groups excluding carboxylic acids is 1. The number of hydrogen-bond acceptors (Lipinski definition) is 5. The van der Waals surface area contributed by atoms with Crippen molar-refractivity contribution in [1.82, 2.24) is 9.88 Å². The minimum Gasteiger partial charge on any atom is -0.486 e. The number of likely N-dealkylation sites (tertiary alicyclic amines) is 1. The summed E-state index contributed by atoms with van der Waals surface area (Å²) in [5.74, 6) is 1.39. The highest BCUT2D eigenvalue weighted by atomic mass is 16.5. The van der Waals surface area contributed by atoms with Crippen molar-refractivity contribution in [2.45, 2.75) is 20.0 Å². The monoisotopic (exact) mass is 261 g/mol. The highest BCUT2D eigenvalue weighted by Gasteiger charge is 2.24. The van der Waals surface area contributed by atoms with Gasteiger partial charge in [0.05, 0.1) is 11.9 Å². The van der Waals surface area contributed by atoms with Gasteiger partial charge < -0.3 is 10.1 Å². The van der Waals surface area contributed by atoms with Crippen LogP contribution in [0.15, 0.2) is 30.1 Å². The zero-order valence-electron chi connectivity index (χ0n) is 11.5. The zero-order chi connectivity index (χ0) is 13.8. The Morgan fingerprint density at radius 3 is 2.74 bits per heavy atom. The minimum atomic E-state index is -0.0119. The quantitative estimate of drug-likeness (QED) is 0.817. The van der Waals surface area contributed by atoms with Crippen molar-refractivity contribution in [1.29, 1.82) is 0 Å². The molecule has 1 N–H and O–H groups in total. The van der Waals surface area contributed by atoms with Crippen molar-refractivity contribution in [3.8, 4) is 5.75 Å². The van der Waals surface area contributed by atoms with Crippen LogP contribution >= 0.6 is 0 Å². The summed E-state index contributed by atoms with van der Waals surface area (Å²) in [7, 11) is 2.06. The van der Waals surface area contributed by atoms with E-state index in [1.54, 1.807) is 12.3 Å². The molecule has 0 amide bonds. The van der Waals surface area contributed by atoms with Crippen molar-refractivity contribution in [2.24, 2.45) is 0 Å². The molecule has 0 unspecified atom stereocenters. The van der Waals surface area contributed by atoms with Crippen LogP contribution in [-0.2, 0) is 4.79 Å². The van der Waals surface area contributed by atoms with Crippen LogP contribution in [0.25, 0.3) is 0 Å². The molecule has 0 saturated carbocycles. The Bertz CT molecular complexity index is 476. The van der Waals surface area contributed by atoms with E-state index < -0.39 is 0 Å². The third kappa shape index (κ3) is 3.54. The summed E-state index contributed by atoms with van der Waals surface area (Å²) in [4.78, 5) is 17.7. The van der Waals surface area contributed by atoms with E-state index in [-0.39, 0.29) is 11.9 Å². The lowest BCUT2D eigenvalue weighted by Gasteiger charge is -2.35. The van der Waals surface area contributed by atoms with Gasteiger partial charge in [-0.2, -0.15) is 0 Å². The van der Waals surface area contributed by atoms with Crippen molar-refractivity contribution in [2.75, 3.05) is 25.5 Å². The Morgan fingerprint density at radius 1 is 1.53 bits per heavy atom. The summed E-state index contributed by atoms with van der Waals surface area (Å²) < 4.78 is 5.74. The number of likely N-dealkylation sites (N-methyl/N-ethyl adjacent to an activating group) is 1. The molecule has 0 bridgehead atoms. The topological polar surface area (TPSA) is 54.5 Å². The Hall–Kier alpha value is -1.88. The van der Waals surface area contributed by atoms with Crippen LogP contribution in [-0.4, -0.2) is 41.9 Å². The average molecular weight is 261 g/mol. The molecule has 0 aromatic carbocycles. The normalized spacial score (nSPS) is 16.9. The van der Waals surface area contributed by atoms with Gasteiger partial charge in [0.1, 0.15) is 17.7 Å². The summed E-state index contributed by atoms with van der Waals surface area (Å²) in [6.45, 7) is 5.24. The molecule has 1 aromatic heterocycles. The predicted molar refractivity (Wildman–Crippen MR) is 74.2 cm³/mol. The largest absolute Gasteiger partial charge is 0.486 e. The molecule has 1 aliphatic heterocycles. The van der Waals surface area contributed by atoms with Crippen LogP contribution in [0, 0.1) is 0 Å². The minimum absolute atomic E-state index is 0.0119. The lowest BCUT2D eigenvalue weighted by molar-refractivity contribution is -0.113. The number of carbonyl (C=O) groups is 1. The van der Waals surface area contributed by atoms with Gasteiger partial charge >= 0.3 is 0 Å². The van der Waals surface area contributed by atoms with Gasteiger partial charge in [-0.05, 0) is 26.1 Å². The van der Waals surface area contributed by atoms with E-state index >= 15 is 0 Å². The number of ketones is 1. The summed E-state index contributed by atoms with van der Waals surface area (Å²) in [5, 5.41) is 2.98. The number of aromatic nitrogens is 1. The van der Waals surface area contributed by atoms with Gasteiger partial charge in [-0.25, -0.2) is 4.98 Å². The van der Waals surface area contributed by atoms with E-state index in [2.05, 4.69) is 22.2 Å². The maximum absolute atomic E-state index is 11.3. The number of nitrogens with zero attached hydrogens (tertiary/aromatic N) is 2. The lowest BCUT2D eigenvalue weighted by Crippen LogP contribution is -2.51. The standard InChI is InChI=1S/C14H19N3O2/c1-4-13(10(2)18)16-14-6-5-11(7-15-14)19-12-8-17(3)9-12/h4-7,12H,8-9H2,1-3H3,(H,15,16)/b13-4+. The first-order valence-corrected chi connectivity index (χ1v) is 6.34. The van der Waals surface area contributed by atoms with Crippen LogP contribution in [0.1, 0.15) is 13.8 Å². The van der Waals surface area contributed by atoms with Crippen LogP contribution in [0.2, 0.25) is 0 Å². The molecule has 2 heterocycles. The molecule has 0 radical (unpaired) electrons. The number of nitrogens with one attached hydrogen (secondary N) is 1. The molecule has 0 spiro atoms. The summed E-state index contributed by atoms with van der Waals surface area (Å²) >= 11 is 0. The van der Waals surface area contributed by atoms with Crippen molar-refractivity contribution in [3.63, 3.8) is 0 Å². The van der Waals surface area contributed by atoms with Crippen molar-refractivity contribution >= 4 is 11.6 Å². The smallest absolute Gasteiger partial charge is 0.175 e. The van der Waals surface area contributed by atoms with Gasteiger partial charge in [-0.15, -0.1) is 0 Å². The number of hydrogen-bond donors (Lipinski definition) is 1. The molecule has 2 rings (SSSR count). The van der Waals surface area contributed by atoms with E-state index in [1.165, 1.54) is 6.92 Å². The van der Waals surface area contributed by atoms with Crippen molar-refractivity contribution in [3.05, 3.63) is 30.1 Å². The Labute approximate surface area is 113 Å². The second-order valence-corrected chi connectivity index (χ2v) is 4.72. The number of allylic oxidation sites excluding steroid dienone is 2. The number of rotatable bonds is 5. The molecule has 19 heavy (non-hydrogen) atoms. The van der Waals surface area contributed by atoms with E-state index in [4.69, 9.17) is 4.74 Å². The summed E-state index contributed by atoms with van der Waals surface area (Å²) in [6.07, 6.45) is 3.67. The highest BCUT2D eigenvalue weighted by molar-refractivity contribution is 5.95. The van der Waals surface area contributed by atoms with E-state index in [0.29, 0.717) is 11.5 Å². The number of pyridine rings is 1. The van der Waals surface area contributed by atoms with Gasteiger partial charge in [0.2, 0.25) is 0 Å². The van der Waals surface area contributed by atoms with Gasteiger partial charge in [0.25, 0.3) is 0 Å². The number of anilines is 1. The van der Waals surface area contributed by atoms with E-state index in [9.17, 15) is 4.79 Å². The van der Waals surface area contributed by atoms with Crippen LogP contribution in [0.4, 0.5) is 5.82 Å². The maximum Gasteiger partial charge on any atom is 0.175 e. The summed E-state index contributed by atoms with van der Waals surface area (Å²) in [6, 6.07) is 3.67. The van der Waals surface area contributed by atoms with E-state index in [0.717, 1.165) is 18.8 Å². The molecule has 1 saturated heterocycles. The highest BCUT2D eigenvalue weighted by Crippen LogP contribution is 2.18. The molecule has 1 aromatic rings. The van der Waals surface area contributed by atoms with Crippen LogP contribution < -0.4 is 10.1 Å². The van der Waals surface area contributed by atoms with Gasteiger partial charge in [0.15, 0.2) is 5.78 Å². The maximum atomic E-state index is 11.3. The Morgan fingerprint density at radius 2 is 2.26 bits per heavy atom. The van der Waals surface area contributed by atoms with Crippen molar-refractivity contribution < 1.29 is 9.53 Å². The fourth-order valence-electron chi connectivity index (χ4n) is 1.93. The Balaban J connectivity index is 1.92. The Kier molecular flexibility index (Phi) is 4.16. The first kappa shape index (κ1) is 13.5. The third-order valence-corrected chi connectivity index (χ3v) is 3.00. The van der Waals surface area contributed by atoms with Gasteiger partial charge in [-0.1, -0.05) is 6.08 Å². The lowest BCUT2D eigenvalue weighted by atomic mass is 10.2. The molecular weight excluding hydrogens is 242 g/mol. The van der Waals surface area contributed by atoms with Gasteiger partial charge in [-0.3, -0.25) is 9.69 Å². The number of Topliss-reactive ketones (excluding diaryl/α,β-unsaturated/α-hetero) is 1. The zero-order valence-corrected chi connectivity index (χ0v) is 11.5. The van der Waals surface area contributed by atoms with Gasteiger partial charge in [0, 0.05) is 20.0 Å². The molecular formula is C14H19N3O2. The second kappa shape index (κ2) is 5.84. The predicted octanol–water partition coefficient (Wildman–Crippen LogP) is 1.68. The molecule has 5 nitrogen and oxygen atoms in total. The molecule has 0 aliphatic carbocycles.